The third kappa shape index (κ3) is 3.80. The summed E-state index contributed by atoms with van der Waals surface area (Å²) >= 11 is 1.70. The molecule has 0 unspecified atom stereocenters. The third-order valence-corrected chi connectivity index (χ3v) is 3.37. The van der Waals surface area contributed by atoms with Crippen LogP contribution in [0.15, 0.2) is 29.7 Å². The zero-order chi connectivity index (χ0) is 12.8. The third-order valence-electron chi connectivity index (χ3n) is 2.41. The van der Waals surface area contributed by atoms with E-state index in [0.717, 1.165) is 23.9 Å². The predicted molar refractivity (Wildman–Crippen MR) is 71.3 cm³/mol. The molecule has 6 heteroatoms. The number of nitrogens with zero attached hydrogens (tertiary/aromatic N) is 5. The van der Waals surface area contributed by atoms with Gasteiger partial charge in [0.1, 0.15) is 0 Å². The highest BCUT2D eigenvalue weighted by Gasteiger charge is 2.07. The summed E-state index contributed by atoms with van der Waals surface area (Å²) in [5.41, 5.74) is 1.29. The largest absolute Gasteiger partial charge is 0.265 e. The van der Waals surface area contributed by atoms with Crippen molar-refractivity contribution in [2.24, 2.45) is 5.92 Å². The molecule has 2 heterocycles. The van der Waals surface area contributed by atoms with Crippen molar-refractivity contribution in [3.63, 3.8) is 0 Å². The van der Waals surface area contributed by atoms with E-state index in [1.165, 1.54) is 5.56 Å². The fourth-order valence-electron chi connectivity index (χ4n) is 1.57. The van der Waals surface area contributed by atoms with Crippen LogP contribution in [0.1, 0.15) is 19.4 Å². The van der Waals surface area contributed by atoms with Crippen molar-refractivity contribution >= 4 is 11.8 Å². The SMILES string of the molecule is CC(C)Cn1nnnc1SCCc1ccncc1. The Hall–Kier alpha value is -1.43. The monoisotopic (exact) mass is 263 g/mol. The smallest absolute Gasteiger partial charge is 0.209 e. The molecule has 0 aromatic carbocycles. The van der Waals surface area contributed by atoms with Crippen LogP contribution in [0.25, 0.3) is 0 Å². The molecule has 5 nitrogen and oxygen atoms in total. The van der Waals surface area contributed by atoms with E-state index in [4.69, 9.17) is 0 Å². The van der Waals surface area contributed by atoms with Crippen molar-refractivity contribution in [2.45, 2.75) is 32.0 Å². The Labute approximate surface area is 111 Å². The van der Waals surface area contributed by atoms with E-state index in [2.05, 4.69) is 34.4 Å². The molecule has 0 bridgehead atoms. The Bertz CT molecular complexity index is 468. The Morgan fingerprint density at radius 2 is 2.06 bits per heavy atom. The molecule has 0 radical (unpaired) electrons. The van der Waals surface area contributed by atoms with Crippen molar-refractivity contribution < 1.29 is 0 Å². The van der Waals surface area contributed by atoms with Crippen molar-refractivity contribution in [3.8, 4) is 0 Å². The van der Waals surface area contributed by atoms with Gasteiger partial charge < -0.3 is 0 Å². The highest BCUT2D eigenvalue weighted by Crippen LogP contribution is 2.16. The second-order valence-electron chi connectivity index (χ2n) is 4.49. The van der Waals surface area contributed by atoms with E-state index in [-0.39, 0.29) is 0 Å². The van der Waals surface area contributed by atoms with Gasteiger partial charge in [0.05, 0.1) is 0 Å². The van der Waals surface area contributed by atoms with Crippen LogP contribution in [0, 0.1) is 5.92 Å². The molecule has 2 rings (SSSR count). The molecule has 18 heavy (non-hydrogen) atoms. The molecule has 0 amide bonds. The Balaban J connectivity index is 1.85. The quantitative estimate of drug-likeness (QED) is 0.747. The van der Waals surface area contributed by atoms with Crippen LogP contribution in [0.4, 0.5) is 0 Å². The van der Waals surface area contributed by atoms with E-state index in [1.54, 1.807) is 11.8 Å². The van der Waals surface area contributed by atoms with Crippen LogP contribution < -0.4 is 0 Å². The average molecular weight is 263 g/mol. The molecular weight excluding hydrogens is 246 g/mol. The van der Waals surface area contributed by atoms with E-state index in [9.17, 15) is 0 Å². The maximum absolute atomic E-state index is 4.05. The summed E-state index contributed by atoms with van der Waals surface area (Å²) in [6.07, 6.45) is 4.65. The lowest BCUT2D eigenvalue weighted by Crippen LogP contribution is -2.08. The second-order valence-corrected chi connectivity index (χ2v) is 5.55. The summed E-state index contributed by atoms with van der Waals surface area (Å²) < 4.78 is 1.88. The first-order valence-electron chi connectivity index (χ1n) is 6.03. The van der Waals surface area contributed by atoms with E-state index < -0.39 is 0 Å². The molecule has 0 N–H and O–H groups in total. The van der Waals surface area contributed by atoms with Gasteiger partial charge in [0.2, 0.25) is 5.16 Å². The minimum atomic E-state index is 0.549. The molecule has 0 aliphatic carbocycles. The van der Waals surface area contributed by atoms with Gasteiger partial charge in [-0.05, 0) is 40.5 Å². The van der Waals surface area contributed by atoms with Gasteiger partial charge in [-0.3, -0.25) is 4.98 Å². The average Bonchev–Trinajstić information content (AvgIpc) is 2.77. The molecule has 0 atom stereocenters. The molecule has 0 aliphatic rings. The van der Waals surface area contributed by atoms with Crippen LogP contribution >= 0.6 is 11.8 Å². The molecule has 2 aromatic heterocycles. The summed E-state index contributed by atoms with van der Waals surface area (Å²) in [4.78, 5) is 4.01. The zero-order valence-electron chi connectivity index (χ0n) is 10.7. The summed E-state index contributed by atoms with van der Waals surface area (Å²) in [6, 6.07) is 4.08. The minimum absolute atomic E-state index is 0.549. The molecule has 96 valence electrons. The van der Waals surface area contributed by atoms with Crippen LogP contribution in [0.5, 0.6) is 0 Å². The van der Waals surface area contributed by atoms with Crippen molar-refractivity contribution in [2.75, 3.05) is 5.75 Å². The number of hydrogen-bond acceptors (Lipinski definition) is 5. The molecule has 0 spiro atoms. The minimum Gasteiger partial charge on any atom is -0.265 e. The van der Waals surface area contributed by atoms with Crippen LogP contribution in [-0.4, -0.2) is 30.9 Å². The van der Waals surface area contributed by atoms with Crippen molar-refractivity contribution in [1.29, 1.82) is 0 Å². The fraction of sp³-hybridized carbons (Fsp3) is 0.500. The normalized spacial score (nSPS) is 11.1. The zero-order valence-corrected chi connectivity index (χ0v) is 11.5. The first-order chi connectivity index (χ1) is 8.75. The molecule has 2 aromatic rings. The molecular formula is C12H17N5S. The maximum Gasteiger partial charge on any atom is 0.209 e. The number of pyridine rings is 1. The Morgan fingerprint density at radius 3 is 2.78 bits per heavy atom. The Morgan fingerprint density at radius 1 is 1.28 bits per heavy atom. The van der Waals surface area contributed by atoms with Gasteiger partial charge in [-0.1, -0.05) is 25.6 Å². The Kier molecular flexibility index (Phi) is 4.69. The molecule has 0 aliphatic heterocycles. The van der Waals surface area contributed by atoms with Crippen LogP contribution in [-0.2, 0) is 13.0 Å². The lowest BCUT2D eigenvalue weighted by Gasteiger charge is -2.06. The van der Waals surface area contributed by atoms with Gasteiger partial charge in [-0.25, -0.2) is 4.68 Å². The maximum atomic E-state index is 4.05. The first-order valence-corrected chi connectivity index (χ1v) is 7.02. The van der Waals surface area contributed by atoms with E-state index in [0.29, 0.717) is 5.92 Å². The van der Waals surface area contributed by atoms with Gasteiger partial charge >= 0.3 is 0 Å². The summed E-state index contributed by atoms with van der Waals surface area (Å²) in [5.74, 6) is 1.52. The number of tetrazole rings is 1. The summed E-state index contributed by atoms with van der Waals surface area (Å²) in [7, 11) is 0. The van der Waals surface area contributed by atoms with Crippen LogP contribution in [0.3, 0.4) is 0 Å². The van der Waals surface area contributed by atoms with Gasteiger partial charge in [0.25, 0.3) is 0 Å². The van der Waals surface area contributed by atoms with Crippen LogP contribution in [0.2, 0.25) is 0 Å². The summed E-state index contributed by atoms with van der Waals surface area (Å²) in [5, 5.41) is 12.7. The number of thioether (sulfide) groups is 1. The lowest BCUT2D eigenvalue weighted by molar-refractivity contribution is 0.446. The number of aryl methyl sites for hydroxylation is 1. The van der Waals surface area contributed by atoms with Gasteiger partial charge in [-0.2, -0.15) is 0 Å². The molecule has 0 saturated carbocycles. The highest BCUT2D eigenvalue weighted by molar-refractivity contribution is 7.99. The van der Waals surface area contributed by atoms with Crippen molar-refractivity contribution in [1.82, 2.24) is 25.2 Å². The number of rotatable bonds is 6. The van der Waals surface area contributed by atoms with E-state index in [1.807, 2.05) is 29.2 Å². The first kappa shape index (κ1) is 13.0. The van der Waals surface area contributed by atoms with Gasteiger partial charge in [0, 0.05) is 24.7 Å². The molecule has 0 fully saturated rings. The second kappa shape index (κ2) is 6.49. The number of hydrogen-bond donors (Lipinski definition) is 0. The highest BCUT2D eigenvalue weighted by atomic mass is 32.2. The predicted octanol–water partition coefficient (Wildman–Crippen LogP) is 2.06. The molecule has 0 saturated heterocycles. The standard InChI is InChI=1S/C12H17N5S/c1-10(2)9-17-12(14-15-16-17)18-8-5-11-3-6-13-7-4-11/h3-4,6-7,10H,5,8-9H2,1-2H3. The van der Waals surface area contributed by atoms with Gasteiger partial charge in [0.15, 0.2) is 0 Å². The number of aromatic nitrogens is 5. The van der Waals surface area contributed by atoms with Crippen molar-refractivity contribution in [3.05, 3.63) is 30.1 Å². The fourth-order valence-corrected chi connectivity index (χ4v) is 2.44. The van der Waals surface area contributed by atoms with E-state index >= 15 is 0 Å². The van der Waals surface area contributed by atoms with Gasteiger partial charge in [-0.15, -0.1) is 5.10 Å². The topological polar surface area (TPSA) is 56.5 Å². The summed E-state index contributed by atoms with van der Waals surface area (Å²) in [6.45, 7) is 5.19. The lowest BCUT2D eigenvalue weighted by atomic mass is 10.2.